The number of rotatable bonds is 3. The molecule has 1 amide bonds. The van der Waals surface area contributed by atoms with Crippen molar-refractivity contribution >= 4 is 23.2 Å². The molecular formula is C13H17ClN2O2. The molecule has 0 bridgehead atoms. The van der Waals surface area contributed by atoms with Gasteiger partial charge in [0.05, 0.1) is 18.7 Å². The van der Waals surface area contributed by atoms with Crippen LogP contribution in [0.25, 0.3) is 0 Å². The van der Waals surface area contributed by atoms with E-state index in [1.807, 2.05) is 13.0 Å². The predicted octanol–water partition coefficient (Wildman–Crippen LogP) is 1.84. The maximum atomic E-state index is 12.2. The topological polar surface area (TPSA) is 41.6 Å². The number of nitrogens with zero attached hydrogens (tertiary/aromatic N) is 1. The molecule has 2 rings (SSSR count). The molecule has 1 heterocycles. The smallest absolute Gasteiger partial charge is 0.232 e. The highest BCUT2D eigenvalue weighted by molar-refractivity contribution is 6.31. The number of benzene rings is 1. The maximum absolute atomic E-state index is 12.2. The molecular weight excluding hydrogens is 252 g/mol. The number of methoxy groups -OCH3 is 1. The van der Waals surface area contributed by atoms with Crippen LogP contribution in [0.2, 0.25) is 5.02 Å². The van der Waals surface area contributed by atoms with E-state index in [-0.39, 0.29) is 11.8 Å². The minimum Gasteiger partial charge on any atom is -0.495 e. The van der Waals surface area contributed by atoms with Gasteiger partial charge in [-0.3, -0.25) is 4.79 Å². The standard InChI is InChI=1S/C13H17ClN2O2/c1-8-4-12(18-3)11(5-10(8)14)16(2)13(17)9-6-15-7-9/h4-5,9,15H,6-7H2,1-3H3. The summed E-state index contributed by atoms with van der Waals surface area (Å²) in [5.41, 5.74) is 1.65. The van der Waals surface area contributed by atoms with Gasteiger partial charge in [0.25, 0.3) is 0 Å². The number of amides is 1. The van der Waals surface area contributed by atoms with Gasteiger partial charge in [-0.05, 0) is 24.6 Å². The van der Waals surface area contributed by atoms with Crippen molar-refractivity contribution < 1.29 is 9.53 Å². The number of nitrogens with one attached hydrogen (secondary N) is 1. The minimum atomic E-state index is 0.0554. The second kappa shape index (κ2) is 5.16. The monoisotopic (exact) mass is 268 g/mol. The van der Waals surface area contributed by atoms with Gasteiger partial charge in [-0.15, -0.1) is 0 Å². The van der Waals surface area contributed by atoms with E-state index in [9.17, 15) is 4.79 Å². The van der Waals surface area contributed by atoms with Crippen LogP contribution in [0.1, 0.15) is 5.56 Å². The molecule has 5 heteroatoms. The van der Waals surface area contributed by atoms with Crippen LogP contribution in [0.5, 0.6) is 5.75 Å². The van der Waals surface area contributed by atoms with E-state index in [1.54, 1.807) is 25.1 Å². The zero-order valence-electron chi connectivity index (χ0n) is 10.8. The predicted molar refractivity (Wildman–Crippen MR) is 72.5 cm³/mol. The Morgan fingerprint density at radius 3 is 2.67 bits per heavy atom. The lowest BCUT2D eigenvalue weighted by atomic mass is 10.0. The fourth-order valence-electron chi connectivity index (χ4n) is 1.93. The molecule has 0 aromatic heterocycles. The molecule has 0 radical (unpaired) electrons. The van der Waals surface area contributed by atoms with Crippen LogP contribution in [-0.4, -0.2) is 33.2 Å². The van der Waals surface area contributed by atoms with Crippen LogP contribution in [0.4, 0.5) is 5.69 Å². The molecule has 0 spiro atoms. The van der Waals surface area contributed by atoms with Crippen LogP contribution in [0.3, 0.4) is 0 Å². The normalized spacial score (nSPS) is 15.1. The van der Waals surface area contributed by atoms with Crippen molar-refractivity contribution in [2.24, 2.45) is 5.92 Å². The lowest BCUT2D eigenvalue weighted by Crippen LogP contribution is -2.51. The number of carbonyl (C=O) groups is 1. The Hall–Kier alpha value is -1.26. The van der Waals surface area contributed by atoms with Crippen LogP contribution in [-0.2, 0) is 4.79 Å². The van der Waals surface area contributed by atoms with Gasteiger partial charge in [0.2, 0.25) is 5.91 Å². The second-order valence-corrected chi connectivity index (χ2v) is 4.93. The first kappa shape index (κ1) is 13.2. The van der Waals surface area contributed by atoms with Gasteiger partial charge in [-0.25, -0.2) is 0 Å². The maximum Gasteiger partial charge on any atom is 0.232 e. The van der Waals surface area contributed by atoms with Gasteiger partial charge in [0.1, 0.15) is 5.75 Å². The SMILES string of the molecule is COc1cc(C)c(Cl)cc1N(C)C(=O)C1CNC1. The van der Waals surface area contributed by atoms with Crippen molar-refractivity contribution in [1.29, 1.82) is 0 Å². The molecule has 1 aromatic carbocycles. The average Bonchev–Trinajstić information content (AvgIpc) is 2.28. The van der Waals surface area contributed by atoms with E-state index in [2.05, 4.69) is 5.32 Å². The molecule has 0 saturated carbocycles. The number of aryl methyl sites for hydroxylation is 1. The first-order valence-electron chi connectivity index (χ1n) is 5.87. The quantitative estimate of drug-likeness (QED) is 0.910. The molecule has 18 heavy (non-hydrogen) atoms. The van der Waals surface area contributed by atoms with Gasteiger partial charge in [-0.1, -0.05) is 11.6 Å². The lowest BCUT2D eigenvalue weighted by Gasteiger charge is -2.31. The summed E-state index contributed by atoms with van der Waals surface area (Å²) in [4.78, 5) is 13.8. The van der Waals surface area contributed by atoms with Crippen molar-refractivity contribution in [3.8, 4) is 5.75 Å². The molecule has 1 aromatic rings. The zero-order chi connectivity index (χ0) is 13.3. The minimum absolute atomic E-state index is 0.0554. The highest BCUT2D eigenvalue weighted by Crippen LogP contribution is 2.34. The Bertz CT molecular complexity index is 472. The third-order valence-corrected chi connectivity index (χ3v) is 3.69. The Morgan fingerprint density at radius 1 is 1.50 bits per heavy atom. The zero-order valence-corrected chi connectivity index (χ0v) is 11.5. The third kappa shape index (κ3) is 2.31. The van der Waals surface area contributed by atoms with Crippen LogP contribution >= 0.6 is 11.6 Å². The number of hydrogen-bond donors (Lipinski definition) is 1. The third-order valence-electron chi connectivity index (χ3n) is 3.28. The molecule has 4 nitrogen and oxygen atoms in total. The summed E-state index contributed by atoms with van der Waals surface area (Å²) in [6.45, 7) is 3.39. The molecule has 0 atom stereocenters. The largest absolute Gasteiger partial charge is 0.495 e. The van der Waals surface area contributed by atoms with E-state index in [0.29, 0.717) is 16.5 Å². The van der Waals surface area contributed by atoms with E-state index < -0.39 is 0 Å². The molecule has 1 saturated heterocycles. The van der Waals surface area contributed by atoms with Crippen molar-refractivity contribution in [2.45, 2.75) is 6.92 Å². The Morgan fingerprint density at radius 2 is 2.17 bits per heavy atom. The van der Waals surface area contributed by atoms with Crippen LogP contribution in [0, 0.1) is 12.8 Å². The van der Waals surface area contributed by atoms with E-state index in [1.165, 1.54) is 0 Å². The lowest BCUT2D eigenvalue weighted by molar-refractivity contribution is -0.123. The summed E-state index contributed by atoms with van der Waals surface area (Å²) < 4.78 is 5.32. The highest BCUT2D eigenvalue weighted by Gasteiger charge is 2.29. The van der Waals surface area contributed by atoms with Crippen molar-refractivity contribution in [2.75, 3.05) is 32.1 Å². The number of halogens is 1. The van der Waals surface area contributed by atoms with Crippen molar-refractivity contribution in [3.05, 3.63) is 22.7 Å². The Balaban J connectivity index is 2.30. The second-order valence-electron chi connectivity index (χ2n) is 4.53. The Kier molecular flexibility index (Phi) is 3.78. The van der Waals surface area contributed by atoms with Gasteiger partial charge in [-0.2, -0.15) is 0 Å². The number of ether oxygens (including phenoxy) is 1. The number of carbonyl (C=O) groups excluding carboxylic acids is 1. The first-order valence-corrected chi connectivity index (χ1v) is 6.24. The molecule has 1 aliphatic heterocycles. The van der Waals surface area contributed by atoms with Crippen LogP contribution in [0.15, 0.2) is 12.1 Å². The summed E-state index contributed by atoms with van der Waals surface area (Å²) in [6, 6.07) is 3.63. The number of hydrogen-bond acceptors (Lipinski definition) is 3. The summed E-state index contributed by atoms with van der Waals surface area (Å²) in [6.07, 6.45) is 0. The molecule has 1 aliphatic rings. The summed E-state index contributed by atoms with van der Waals surface area (Å²) in [7, 11) is 3.35. The van der Waals surface area contributed by atoms with E-state index >= 15 is 0 Å². The van der Waals surface area contributed by atoms with Gasteiger partial charge in [0.15, 0.2) is 0 Å². The van der Waals surface area contributed by atoms with Crippen LogP contribution < -0.4 is 15.0 Å². The summed E-state index contributed by atoms with van der Waals surface area (Å²) in [5.74, 6) is 0.812. The fraction of sp³-hybridized carbons (Fsp3) is 0.462. The van der Waals surface area contributed by atoms with Crippen molar-refractivity contribution in [1.82, 2.24) is 5.32 Å². The van der Waals surface area contributed by atoms with Gasteiger partial charge < -0.3 is 15.0 Å². The molecule has 0 unspecified atom stereocenters. The first-order chi connectivity index (χ1) is 8.54. The molecule has 1 N–H and O–H groups in total. The molecule has 98 valence electrons. The summed E-state index contributed by atoms with van der Waals surface area (Å²) >= 11 is 6.11. The van der Waals surface area contributed by atoms with Gasteiger partial charge in [0, 0.05) is 25.2 Å². The highest BCUT2D eigenvalue weighted by atomic mass is 35.5. The average molecular weight is 269 g/mol. The van der Waals surface area contributed by atoms with E-state index in [4.69, 9.17) is 16.3 Å². The van der Waals surface area contributed by atoms with E-state index in [0.717, 1.165) is 18.7 Å². The van der Waals surface area contributed by atoms with Gasteiger partial charge >= 0.3 is 0 Å². The fourth-order valence-corrected chi connectivity index (χ4v) is 2.08. The number of anilines is 1. The molecule has 0 aliphatic carbocycles. The van der Waals surface area contributed by atoms with Crippen molar-refractivity contribution in [3.63, 3.8) is 0 Å². The molecule has 1 fully saturated rings. The summed E-state index contributed by atoms with van der Waals surface area (Å²) in [5, 5.41) is 3.73. The Labute approximate surface area is 112 Å².